The van der Waals surface area contributed by atoms with E-state index in [0.29, 0.717) is 50.1 Å². The second kappa shape index (κ2) is 17.5. The van der Waals surface area contributed by atoms with Crippen molar-refractivity contribution >= 4 is 51.1 Å². The van der Waals surface area contributed by atoms with Crippen LogP contribution in [0.5, 0.6) is 0 Å². The SMILES string of the molecule is CN(C)C(=O)c1cc2c(C3CCC(N4CCN(CCc5cccc6c5n(C)c(=O)n6C5CCC(=O)NC5=O)CC4)CC3)cc(C3=CCCN(C(=O)CCn4cccn4)C3)cc2[nH]1. The van der Waals surface area contributed by atoms with Crippen LogP contribution in [-0.4, -0.2) is 133 Å². The number of hydrogen-bond donors (Lipinski definition) is 2. The highest BCUT2D eigenvalue weighted by Gasteiger charge is 2.33. The third-order valence-corrected chi connectivity index (χ3v) is 13.9. The van der Waals surface area contributed by atoms with Crippen LogP contribution in [0.1, 0.15) is 90.5 Å². The lowest BCUT2D eigenvalue weighted by atomic mass is 9.79. The molecule has 1 aliphatic carbocycles. The van der Waals surface area contributed by atoms with Crippen molar-refractivity contribution in [3.05, 3.63) is 93.8 Å². The number of para-hydroxylation sites is 1. The molecule has 0 bridgehead atoms. The molecule has 5 aromatic rings. The van der Waals surface area contributed by atoms with E-state index in [4.69, 9.17) is 0 Å². The van der Waals surface area contributed by atoms with E-state index in [1.54, 1.807) is 46.1 Å². The number of carbonyl (C=O) groups is 4. The smallest absolute Gasteiger partial charge is 0.329 e. The molecule has 15 heteroatoms. The Morgan fingerprint density at radius 1 is 0.919 bits per heavy atom. The quantitative estimate of drug-likeness (QED) is 0.187. The molecular weight excluding hydrogens is 785 g/mol. The number of imidazole rings is 1. The second-order valence-electron chi connectivity index (χ2n) is 17.9. The Morgan fingerprint density at radius 2 is 1.73 bits per heavy atom. The highest BCUT2D eigenvalue weighted by atomic mass is 16.2. The number of carbonyl (C=O) groups excluding carboxylic acids is 4. The maximum absolute atomic E-state index is 13.4. The molecule has 3 aliphatic heterocycles. The number of amides is 4. The Hall–Kier alpha value is -5.80. The van der Waals surface area contributed by atoms with Crippen LogP contribution in [0.25, 0.3) is 27.5 Å². The molecule has 0 spiro atoms. The molecule has 62 heavy (non-hydrogen) atoms. The van der Waals surface area contributed by atoms with Gasteiger partial charge in [0.2, 0.25) is 17.7 Å². The number of aromatic amines is 1. The minimum absolute atomic E-state index is 0.0473. The van der Waals surface area contributed by atoms with E-state index in [1.807, 2.05) is 35.4 Å². The fourth-order valence-electron chi connectivity index (χ4n) is 10.4. The number of piperidine rings is 1. The fourth-order valence-corrected chi connectivity index (χ4v) is 10.4. The zero-order valence-electron chi connectivity index (χ0n) is 36.1. The number of aromatic nitrogens is 5. The molecule has 1 unspecified atom stereocenters. The van der Waals surface area contributed by atoms with Crippen molar-refractivity contribution in [2.75, 3.05) is 59.9 Å². The molecule has 1 saturated carbocycles. The molecule has 9 rings (SSSR count). The lowest BCUT2D eigenvalue weighted by Crippen LogP contribution is -2.51. The number of fused-ring (bicyclic) bond motifs is 2. The van der Waals surface area contributed by atoms with Crippen molar-refractivity contribution in [2.24, 2.45) is 7.05 Å². The minimum atomic E-state index is -0.693. The van der Waals surface area contributed by atoms with Gasteiger partial charge in [0.05, 0.1) is 11.0 Å². The first kappa shape index (κ1) is 41.5. The minimum Gasteiger partial charge on any atom is -0.350 e. The summed E-state index contributed by atoms with van der Waals surface area (Å²) in [4.78, 5) is 76.7. The van der Waals surface area contributed by atoms with Gasteiger partial charge >= 0.3 is 5.69 Å². The average molecular weight is 843 g/mol. The van der Waals surface area contributed by atoms with Crippen LogP contribution in [0.15, 0.2) is 65.7 Å². The molecule has 4 amide bonds. The lowest BCUT2D eigenvalue weighted by molar-refractivity contribution is -0.136. The number of H-pyrrole nitrogens is 1. The molecule has 15 nitrogen and oxygen atoms in total. The van der Waals surface area contributed by atoms with E-state index in [-0.39, 0.29) is 29.8 Å². The summed E-state index contributed by atoms with van der Waals surface area (Å²) in [7, 11) is 5.33. The number of nitrogens with zero attached hydrogens (tertiary/aromatic N) is 8. The van der Waals surface area contributed by atoms with Crippen molar-refractivity contribution in [3.63, 3.8) is 0 Å². The van der Waals surface area contributed by atoms with Gasteiger partial charge in [0, 0.05) is 116 Å². The molecule has 3 fully saturated rings. The van der Waals surface area contributed by atoms with Gasteiger partial charge in [-0.2, -0.15) is 5.10 Å². The van der Waals surface area contributed by atoms with Crippen LogP contribution in [0.3, 0.4) is 0 Å². The molecule has 4 aliphatic rings. The van der Waals surface area contributed by atoms with Crippen molar-refractivity contribution in [1.82, 2.24) is 48.8 Å². The first-order valence-electron chi connectivity index (χ1n) is 22.3. The van der Waals surface area contributed by atoms with Gasteiger partial charge in [-0.3, -0.25) is 43.2 Å². The number of piperazine rings is 1. The molecule has 2 aromatic carbocycles. The number of nitrogens with one attached hydrogen (secondary N) is 2. The fraction of sp³-hybridized carbons (Fsp3) is 0.489. The standard InChI is InChI=1S/C47H58N10O5/c1-51(2)46(61)39-29-37-36(27-34(28-38(37)49-39)33-8-5-19-55(30-33)43(59)17-22-56-20-6-18-48-56)31-10-12-35(13-11-31)54-25-23-53(24-26-54)21-16-32-7-4-9-40-44(32)52(3)47(62)57(40)41-14-15-42(58)50-45(41)60/h4,6-9,18,20,27-29,31,35,41,49H,5,10-17,19,21-26,30H2,1-3H3,(H,50,58,60). The third kappa shape index (κ3) is 8.27. The van der Waals surface area contributed by atoms with E-state index in [9.17, 15) is 24.0 Å². The summed E-state index contributed by atoms with van der Waals surface area (Å²) in [6.07, 6.45) is 12.8. The van der Waals surface area contributed by atoms with Gasteiger partial charge in [0.1, 0.15) is 11.7 Å². The molecule has 0 radical (unpaired) electrons. The third-order valence-electron chi connectivity index (χ3n) is 13.9. The Kier molecular flexibility index (Phi) is 11.7. The molecule has 6 heterocycles. The summed E-state index contributed by atoms with van der Waals surface area (Å²) in [6, 6.07) is 14.2. The van der Waals surface area contributed by atoms with Crippen LogP contribution >= 0.6 is 0 Å². The van der Waals surface area contributed by atoms with Crippen molar-refractivity contribution in [1.29, 1.82) is 0 Å². The first-order valence-corrected chi connectivity index (χ1v) is 22.3. The van der Waals surface area contributed by atoms with E-state index in [1.165, 1.54) is 5.56 Å². The van der Waals surface area contributed by atoms with E-state index >= 15 is 0 Å². The van der Waals surface area contributed by atoms with Gasteiger partial charge in [-0.15, -0.1) is 0 Å². The zero-order valence-corrected chi connectivity index (χ0v) is 36.1. The highest BCUT2D eigenvalue weighted by Crippen LogP contribution is 2.40. The molecular formula is C47H58N10O5. The maximum atomic E-state index is 13.4. The summed E-state index contributed by atoms with van der Waals surface area (Å²) in [6.45, 7) is 6.73. The van der Waals surface area contributed by atoms with Gasteiger partial charge in [-0.05, 0) is 97.4 Å². The molecule has 326 valence electrons. The Bertz CT molecular complexity index is 2580. The first-order chi connectivity index (χ1) is 30.0. The Labute approximate surface area is 361 Å². The second-order valence-corrected chi connectivity index (χ2v) is 17.9. The zero-order chi connectivity index (χ0) is 43.1. The van der Waals surface area contributed by atoms with E-state index in [0.717, 1.165) is 110 Å². The van der Waals surface area contributed by atoms with Crippen molar-refractivity contribution in [2.45, 2.75) is 82.3 Å². The lowest BCUT2D eigenvalue weighted by Gasteiger charge is -2.42. The topological polar surface area (TPSA) is 154 Å². The van der Waals surface area contributed by atoms with Gasteiger partial charge < -0.3 is 19.7 Å². The van der Waals surface area contributed by atoms with Crippen molar-refractivity contribution < 1.29 is 19.2 Å². The number of rotatable bonds is 11. The molecule has 2 N–H and O–H groups in total. The predicted molar refractivity (Wildman–Crippen MR) is 238 cm³/mol. The number of benzene rings is 2. The normalized spacial score (nSPS) is 21.7. The van der Waals surface area contributed by atoms with Gasteiger partial charge in [0.15, 0.2) is 0 Å². The summed E-state index contributed by atoms with van der Waals surface area (Å²) in [5, 5.41) is 7.77. The number of imide groups is 1. The van der Waals surface area contributed by atoms with Crippen LogP contribution in [0.4, 0.5) is 0 Å². The predicted octanol–water partition coefficient (Wildman–Crippen LogP) is 4.29. The molecule has 3 aromatic heterocycles. The number of hydrogen-bond acceptors (Lipinski definition) is 8. The number of aryl methyl sites for hydroxylation is 2. The van der Waals surface area contributed by atoms with Crippen LogP contribution in [0.2, 0.25) is 0 Å². The van der Waals surface area contributed by atoms with Gasteiger partial charge in [0.25, 0.3) is 5.91 Å². The molecule has 1 atom stereocenters. The van der Waals surface area contributed by atoms with Gasteiger partial charge in [-0.25, -0.2) is 4.79 Å². The average Bonchev–Trinajstić information content (AvgIpc) is 4.03. The largest absolute Gasteiger partial charge is 0.350 e. The van der Waals surface area contributed by atoms with Crippen molar-refractivity contribution in [3.8, 4) is 0 Å². The van der Waals surface area contributed by atoms with E-state index < -0.39 is 11.9 Å². The van der Waals surface area contributed by atoms with Crippen LogP contribution < -0.4 is 11.0 Å². The summed E-state index contributed by atoms with van der Waals surface area (Å²) >= 11 is 0. The van der Waals surface area contributed by atoms with E-state index in [2.05, 4.69) is 49.5 Å². The van der Waals surface area contributed by atoms with Crippen LogP contribution in [-0.2, 0) is 34.4 Å². The highest BCUT2D eigenvalue weighted by molar-refractivity contribution is 6.01. The Morgan fingerprint density at radius 3 is 2.47 bits per heavy atom. The summed E-state index contributed by atoms with van der Waals surface area (Å²) < 4.78 is 5.01. The molecule has 2 saturated heterocycles. The Balaban J connectivity index is 0.838. The summed E-state index contributed by atoms with van der Waals surface area (Å²) in [5.74, 6) is -0.256. The maximum Gasteiger partial charge on any atom is 0.329 e. The van der Waals surface area contributed by atoms with Crippen LogP contribution in [0, 0.1) is 0 Å². The summed E-state index contributed by atoms with van der Waals surface area (Å²) in [5.41, 5.74) is 7.55. The van der Waals surface area contributed by atoms with Gasteiger partial charge in [-0.1, -0.05) is 24.3 Å². The monoisotopic (exact) mass is 842 g/mol.